The molecule has 0 saturated heterocycles. The second kappa shape index (κ2) is 4.70. The Labute approximate surface area is 65.1 Å². The van der Waals surface area contributed by atoms with Gasteiger partial charge in [-0.05, 0) is 12.1 Å². The first-order valence-corrected chi connectivity index (χ1v) is 2.72. The first-order chi connectivity index (χ1) is 4.20. The predicted molar refractivity (Wildman–Crippen MR) is 46.2 cm³/mol. The molecule has 0 bridgehead atoms. The van der Waals surface area contributed by atoms with Gasteiger partial charge in [-0.25, -0.2) is 4.39 Å². The number of hydrogen-bond acceptors (Lipinski definition) is 1. The summed E-state index contributed by atoms with van der Waals surface area (Å²) in [6.45, 7) is 0. The average molecular weight is 159 g/mol. The molecule has 0 fully saturated rings. The van der Waals surface area contributed by atoms with Crippen molar-refractivity contribution in [2.45, 2.75) is 0 Å². The van der Waals surface area contributed by atoms with Crippen LogP contribution in [0.25, 0.3) is 0 Å². The lowest BCUT2D eigenvalue weighted by Crippen LogP contribution is -2.04. The summed E-state index contributed by atoms with van der Waals surface area (Å²) in [6.07, 6.45) is 0. The van der Waals surface area contributed by atoms with Crippen LogP contribution in [0.3, 0.4) is 0 Å². The molecule has 0 radical (unpaired) electrons. The Morgan fingerprint density at radius 3 is 2.18 bits per heavy atom. The fourth-order valence-electron chi connectivity index (χ4n) is 0.663. The molecule has 62 valence electrons. The fourth-order valence-corrected chi connectivity index (χ4v) is 0.663. The van der Waals surface area contributed by atoms with Gasteiger partial charge in [-0.15, -0.1) is 0 Å². The standard InChI is InChI=1S/C6H7BFN.2H2O/c7-4-1-2-5(8)6(9)3-4;;/h1-3H,7,9H2;2*1H2. The third-order valence-electron chi connectivity index (χ3n) is 1.15. The largest absolute Gasteiger partial charge is 0.412 e. The zero-order valence-corrected chi connectivity index (χ0v) is 6.19. The molecule has 0 aliphatic heterocycles. The summed E-state index contributed by atoms with van der Waals surface area (Å²) in [5.41, 5.74) is 6.44. The number of hydrogen-bond donors (Lipinski definition) is 1. The molecule has 1 aromatic rings. The number of benzene rings is 1. The van der Waals surface area contributed by atoms with Gasteiger partial charge in [0.05, 0.1) is 5.69 Å². The average Bonchev–Trinajstić information content (AvgIpc) is 1.80. The summed E-state index contributed by atoms with van der Waals surface area (Å²) in [6, 6.07) is 4.66. The van der Waals surface area contributed by atoms with Crippen LogP contribution in [0.2, 0.25) is 0 Å². The van der Waals surface area contributed by atoms with Crippen LogP contribution in [-0.4, -0.2) is 18.8 Å². The monoisotopic (exact) mass is 159 g/mol. The van der Waals surface area contributed by atoms with Crippen LogP contribution in [-0.2, 0) is 0 Å². The smallest absolute Gasteiger partial charge is 0.146 e. The molecule has 0 spiro atoms. The quantitative estimate of drug-likeness (QED) is 0.344. The molecular formula is C6H11BFNO2. The van der Waals surface area contributed by atoms with Crippen LogP contribution in [0.15, 0.2) is 18.2 Å². The third kappa shape index (κ3) is 3.02. The van der Waals surface area contributed by atoms with Gasteiger partial charge >= 0.3 is 0 Å². The molecule has 0 aliphatic carbocycles. The van der Waals surface area contributed by atoms with Gasteiger partial charge in [-0.1, -0.05) is 11.5 Å². The molecule has 3 nitrogen and oxygen atoms in total. The highest BCUT2D eigenvalue weighted by Crippen LogP contribution is 2.04. The summed E-state index contributed by atoms with van der Waals surface area (Å²) in [4.78, 5) is 0. The van der Waals surface area contributed by atoms with Crippen LogP contribution in [0, 0.1) is 5.82 Å². The minimum absolute atomic E-state index is 0. The van der Waals surface area contributed by atoms with Gasteiger partial charge in [-0.3, -0.25) is 0 Å². The summed E-state index contributed by atoms with van der Waals surface area (Å²) < 4.78 is 12.4. The van der Waals surface area contributed by atoms with Crippen LogP contribution in [0.1, 0.15) is 0 Å². The molecule has 0 heterocycles. The molecule has 0 saturated carbocycles. The number of nitrogens with two attached hydrogens (primary N) is 1. The predicted octanol–water partition coefficient (Wildman–Crippen LogP) is -1.98. The molecule has 5 heteroatoms. The van der Waals surface area contributed by atoms with Crippen molar-refractivity contribution in [1.29, 1.82) is 0 Å². The zero-order chi connectivity index (χ0) is 6.85. The van der Waals surface area contributed by atoms with E-state index >= 15 is 0 Å². The maximum Gasteiger partial charge on any atom is 0.146 e. The van der Waals surface area contributed by atoms with Gasteiger partial charge in [-0.2, -0.15) is 0 Å². The van der Waals surface area contributed by atoms with Crippen LogP contribution < -0.4 is 11.2 Å². The van der Waals surface area contributed by atoms with Crippen molar-refractivity contribution in [2.24, 2.45) is 0 Å². The molecule has 1 aromatic carbocycles. The minimum atomic E-state index is -0.347. The van der Waals surface area contributed by atoms with Crippen molar-refractivity contribution >= 4 is 19.0 Å². The lowest BCUT2D eigenvalue weighted by molar-refractivity contribution is 0.633. The van der Waals surface area contributed by atoms with E-state index in [0.29, 0.717) is 0 Å². The highest BCUT2D eigenvalue weighted by molar-refractivity contribution is 6.32. The Balaban J connectivity index is 0. The first-order valence-electron chi connectivity index (χ1n) is 2.72. The second-order valence-electron chi connectivity index (χ2n) is 2.02. The van der Waals surface area contributed by atoms with E-state index in [1.165, 1.54) is 6.07 Å². The molecule has 0 unspecified atom stereocenters. The Hall–Kier alpha value is -1.07. The Bertz CT molecular complexity index is 232. The number of halogens is 1. The molecule has 0 amide bonds. The molecule has 1 rings (SSSR count). The molecule has 6 N–H and O–H groups in total. The highest BCUT2D eigenvalue weighted by atomic mass is 19.1. The summed E-state index contributed by atoms with van der Waals surface area (Å²) in [7, 11) is 1.87. The van der Waals surface area contributed by atoms with Crippen molar-refractivity contribution in [3.8, 4) is 0 Å². The SMILES string of the molecule is Bc1ccc(F)c(N)c1.O.O. The first kappa shape index (κ1) is 12.6. The van der Waals surface area contributed by atoms with E-state index in [0.717, 1.165) is 5.46 Å². The van der Waals surface area contributed by atoms with Gasteiger partial charge in [0.1, 0.15) is 13.7 Å². The lowest BCUT2D eigenvalue weighted by atomic mass is 9.96. The van der Waals surface area contributed by atoms with E-state index in [-0.39, 0.29) is 22.5 Å². The molecule has 0 aliphatic rings. The number of anilines is 1. The van der Waals surface area contributed by atoms with Crippen molar-refractivity contribution in [3.63, 3.8) is 0 Å². The molecular weight excluding hydrogens is 148 g/mol. The Morgan fingerprint density at radius 2 is 1.82 bits per heavy atom. The van der Waals surface area contributed by atoms with Gasteiger partial charge in [0, 0.05) is 0 Å². The number of rotatable bonds is 0. The van der Waals surface area contributed by atoms with E-state index in [4.69, 9.17) is 5.73 Å². The van der Waals surface area contributed by atoms with E-state index in [1.54, 1.807) is 12.1 Å². The minimum Gasteiger partial charge on any atom is -0.412 e. The van der Waals surface area contributed by atoms with E-state index < -0.39 is 0 Å². The fraction of sp³-hybridized carbons (Fsp3) is 0. The lowest BCUT2D eigenvalue weighted by Gasteiger charge is -1.95. The number of nitrogen functional groups attached to an aromatic ring is 1. The van der Waals surface area contributed by atoms with Crippen molar-refractivity contribution in [1.82, 2.24) is 0 Å². The van der Waals surface area contributed by atoms with E-state index in [1.807, 2.05) is 7.85 Å². The van der Waals surface area contributed by atoms with Gasteiger partial charge in [0.15, 0.2) is 0 Å². The maximum atomic E-state index is 12.4. The molecule has 0 aromatic heterocycles. The van der Waals surface area contributed by atoms with Gasteiger partial charge in [0.25, 0.3) is 0 Å². The zero-order valence-electron chi connectivity index (χ0n) is 6.19. The van der Waals surface area contributed by atoms with Gasteiger partial charge in [0.2, 0.25) is 0 Å². The van der Waals surface area contributed by atoms with Crippen LogP contribution in [0.5, 0.6) is 0 Å². The Morgan fingerprint density at radius 1 is 1.27 bits per heavy atom. The molecule has 11 heavy (non-hydrogen) atoms. The van der Waals surface area contributed by atoms with Crippen molar-refractivity contribution < 1.29 is 15.3 Å². The Kier molecular flexibility index (Phi) is 5.39. The van der Waals surface area contributed by atoms with Crippen LogP contribution in [0.4, 0.5) is 10.1 Å². The van der Waals surface area contributed by atoms with Crippen molar-refractivity contribution in [2.75, 3.05) is 5.73 Å². The van der Waals surface area contributed by atoms with Crippen LogP contribution >= 0.6 is 0 Å². The molecule has 0 atom stereocenters. The third-order valence-corrected chi connectivity index (χ3v) is 1.15. The van der Waals surface area contributed by atoms with Gasteiger partial charge < -0.3 is 16.7 Å². The van der Waals surface area contributed by atoms with Crippen molar-refractivity contribution in [3.05, 3.63) is 24.0 Å². The summed E-state index contributed by atoms with van der Waals surface area (Å²) in [5.74, 6) is -0.347. The summed E-state index contributed by atoms with van der Waals surface area (Å²) in [5, 5.41) is 0. The maximum absolute atomic E-state index is 12.4. The summed E-state index contributed by atoms with van der Waals surface area (Å²) >= 11 is 0. The van der Waals surface area contributed by atoms with E-state index in [2.05, 4.69) is 0 Å². The second-order valence-corrected chi connectivity index (χ2v) is 2.02. The topological polar surface area (TPSA) is 89.0 Å². The highest BCUT2D eigenvalue weighted by Gasteiger charge is 1.93. The normalized spacial score (nSPS) is 7.73. The van der Waals surface area contributed by atoms with E-state index in [9.17, 15) is 4.39 Å².